The molecule has 2 N–H and O–H groups in total. The number of carbonyl (C=O) groups is 3. The molecule has 1 aliphatic rings. The van der Waals surface area contributed by atoms with Gasteiger partial charge in [-0.05, 0) is 69.5 Å². The summed E-state index contributed by atoms with van der Waals surface area (Å²) in [5.41, 5.74) is 4.87. The molecule has 7 nitrogen and oxygen atoms in total. The maximum atomic E-state index is 12.7. The van der Waals surface area contributed by atoms with Crippen LogP contribution in [-0.4, -0.2) is 22.9 Å². The van der Waals surface area contributed by atoms with Crippen LogP contribution in [0.5, 0.6) is 5.75 Å². The zero-order chi connectivity index (χ0) is 22.7. The number of aromatic carboxylic acids is 1. The predicted octanol–water partition coefficient (Wildman–Crippen LogP) is 4.19. The van der Waals surface area contributed by atoms with E-state index in [4.69, 9.17) is 9.84 Å². The van der Waals surface area contributed by atoms with Crippen LogP contribution in [0, 0.1) is 0 Å². The maximum Gasteiger partial charge on any atom is 0.335 e. The summed E-state index contributed by atoms with van der Waals surface area (Å²) in [5.74, 6) is -1.31. The van der Waals surface area contributed by atoms with Crippen LogP contribution < -0.4 is 15.2 Å². The second-order valence-electron chi connectivity index (χ2n) is 6.96. The first kappa shape index (κ1) is 21.3. The Morgan fingerprint density at radius 3 is 2.41 bits per heavy atom. The van der Waals surface area contributed by atoms with E-state index in [1.165, 1.54) is 23.2 Å². The van der Waals surface area contributed by atoms with Crippen molar-refractivity contribution < 1.29 is 24.2 Å². The number of carbonyl (C=O) groups excluding carboxylic acids is 2. The fraction of sp³-hybridized carbons (Fsp3) is 0.0417. The van der Waals surface area contributed by atoms with Crippen molar-refractivity contribution >= 4 is 45.5 Å². The van der Waals surface area contributed by atoms with Crippen LogP contribution in [0.25, 0.3) is 6.08 Å². The van der Waals surface area contributed by atoms with Gasteiger partial charge in [0, 0.05) is 0 Å². The first-order valence-electron chi connectivity index (χ1n) is 9.59. The average Bonchev–Trinajstić information content (AvgIpc) is 3.07. The van der Waals surface area contributed by atoms with Crippen molar-refractivity contribution in [3.05, 3.63) is 99.5 Å². The molecule has 0 aliphatic carbocycles. The van der Waals surface area contributed by atoms with E-state index in [1.54, 1.807) is 54.6 Å². The van der Waals surface area contributed by atoms with Crippen LogP contribution >= 0.6 is 15.9 Å². The number of benzene rings is 3. The quantitative estimate of drug-likeness (QED) is 0.397. The number of nitrogens with zero attached hydrogens (tertiary/aromatic N) is 1. The monoisotopic (exact) mass is 492 g/mol. The lowest BCUT2D eigenvalue weighted by Gasteiger charge is -2.13. The van der Waals surface area contributed by atoms with Gasteiger partial charge in [0.2, 0.25) is 0 Å². The number of nitrogens with one attached hydrogen (secondary N) is 1. The molecule has 3 aromatic rings. The molecule has 0 aromatic heterocycles. The Hall–Kier alpha value is -3.91. The number of hydrogen-bond acceptors (Lipinski definition) is 4. The molecule has 32 heavy (non-hydrogen) atoms. The van der Waals surface area contributed by atoms with Gasteiger partial charge in [0.05, 0.1) is 15.7 Å². The van der Waals surface area contributed by atoms with Gasteiger partial charge in [-0.15, -0.1) is 0 Å². The number of ether oxygens (including phenoxy) is 1. The lowest BCUT2D eigenvalue weighted by atomic mass is 10.1. The van der Waals surface area contributed by atoms with Gasteiger partial charge in [-0.2, -0.15) is 0 Å². The molecule has 0 bridgehead atoms. The van der Waals surface area contributed by atoms with Gasteiger partial charge in [0.1, 0.15) is 17.9 Å². The van der Waals surface area contributed by atoms with Gasteiger partial charge < -0.3 is 9.84 Å². The highest BCUT2D eigenvalue weighted by molar-refractivity contribution is 9.10. The molecule has 4 rings (SSSR count). The van der Waals surface area contributed by atoms with Crippen molar-refractivity contribution in [2.45, 2.75) is 6.61 Å². The summed E-state index contributed by atoms with van der Waals surface area (Å²) in [4.78, 5) is 36.0. The predicted molar refractivity (Wildman–Crippen MR) is 122 cm³/mol. The highest BCUT2D eigenvalue weighted by Crippen LogP contribution is 2.29. The second-order valence-corrected chi connectivity index (χ2v) is 7.81. The summed E-state index contributed by atoms with van der Waals surface area (Å²) >= 11 is 3.45. The molecule has 160 valence electrons. The molecule has 0 radical (unpaired) electrons. The molecular weight excluding hydrogens is 476 g/mol. The molecule has 1 aliphatic heterocycles. The van der Waals surface area contributed by atoms with Crippen LogP contribution in [0.1, 0.15) is 21.5 Å². The number of amides is 2. The molecule has 3 aromatic carbocycles. The third kappa shape index (κ3) is 4.55. The SMILES string of the molecule is O=C1NN(c2ccccc2)C(=O)C1=Cc1ccc(OCc2ccc(C(=O)O)cc2)c(Br)c1. The zero-order valence-corrected chi connectivity index (χ0v) is 18.2. The highest BCUT2D eigenvalue weighted by Gasteiger charge is 2.34. The first-order valence-corrected chi connectivity index (χ1v) is 10.4. The van der Waals surface area contributed by atoms with Crippen LogP contribution in [0.4, 0.5) is 5.69 Å². The van der Waals surface area contributed by atoms with Crippen molar-refractivity contribution in [1.82, 2.24) is 5.43 Å². The van der Waals surface area contributed by atoms with E-state index < -0.39 is 17.8 Å². The van der Waals surface area contributed by atoms with Gasteiger partial charge in [0.15, 0.2) is 0 Å². The van der Waals surface area contributed by atoms with Crippen molar-refractivity contribution in [3.63, 3.8) is 0 Å². The Morgan fingerprint density at radius 2 is 1.75 bits per heavy atom. The topological polar surface area (TPSA) is 95.9 Å². The molecule has 0 atom stereocenters. The summed E-state index contributed by atoms with van der Waals surface area (Å²) in [6.45, 7) is 0.256. The third-order valence-corrected chi connectivity index (χ3v) is 5.39. The van der Waals surface area contributed by atoms with Crippen molar-refractivity contribution in [2.24, 2.45) is 0 Å². The lowest BCUT2D eigenvalue weighted by Crippen LogP contribution is -2.35. The molecule has 0 spiro atoms. The number of carboxylic acids is 1. The summed E-state index contributed by atoms with van der Waals surface area (Å²) in [6, 6.07) is 20.5. The third-order valence-electron chi connectivity index (χ3n) is 4.77. The summed E-state index contributed by atoms with van der Waals surface area (Å²) < 4.78 is 6.45. The van der Waals surface area contributed by atoms with Crippen molar-refractivity contribution in [2.75, 3.05) is 5.01 Å². The van der Waals surface area contributed by atoms with E-state index in [9.17, 15) is 14.4 Å². The molecule has 2 amide bonds. The average molecular weight is 493 g/mol. The van der Waals surface area contributed by atoms with E-state index in [2.05, 4.69) is 21.4 Å². The van der Waals surface area contributed by atoms with E-state index in [0.29, 0.717) is 21.5 Å². The molecule has 0 unspecified atom stereocenters. The number of hydrogen-bond donors (Lipinski definition) is 2. The second kappa shape index (κ2) is 9.07. The maximum absolute atomic E-state index is 12.7. The van der Waals surface area contributed by atoms with E-state index >= 15 is 0 Å². The highest BCUT2D eigenvalue weighted by atomic mass is 79.9. The largest absolute Gasteiger partial charge is 0.488 e. The lowest BCUT2D eigenvalue weighted by molar-refractivity contribution is -0.117. The van der Waals surface area contributed by atoms with E-state index in [1.807, 2.05) is 6.07 Å². The Labute approximate surface area is 192 Å². The smallest absolute Gasteiger partial charge is 0.335 e. The molecule has 1 saturated heterocycles. The van der Waals surface area contributed by atoms with Crippen molar-refractivity contribution in [1.29, 1.82) is 0 Å². The van der Waals surface area contributed by atoms with Gasteiger partial charge >= 0.3 is 5.97 Å². The number of rotatable bonds is 6. The Bertz CT molecular complexity index is 1220. The first-order chi connectivity index (χ1) is 15.4. The van der Waals surface area contributed by atoms with Crippen LogP contribution in [0.2, 0.25) is 0 Å². The standard InChI is InChI=1S/C24H17BrN2O5/c25-20-13-16(8-11-21(20)32-14-15-6-9-17(10-7-15)24(30)31)12-19-22(28)26-27(23(19)29)18-4-2-1-3-5-18/h1-13H,14H2,(H,26,28)(H,30,31). The molecule has 1 heterocycles. The van der Waals surface area contributed by atoms with Gasteiger partial charge in [-0.25, -0.2) is 9.80 Å². The number of anilines is 1. The minimum Gasteiger partial charge on any atom is -0.488 e. The Balaban J connectivity index is 1.47. The fourth-order valence-electron chi connectivity index (χ4n) is 3.11. The number of halogens is 1. The van der Waals surface area contributed by atoms with E-state index in [-0.39, 0.29) is 17.7 Å². The van der Waals surface area contributed by atoms with Crippen LogP contribution in [0.15, 0.2) is 82.8 Å². The Kier molecular flexibility index (Phi) is 6.04. The number of hydrazine groups is 1. The zero-order valence-electron chi connectivity index (χ0n) is 16.6. The summed E-state index contributed by atoms with van der Waals surface area (Å²) in [6.07, 6.45) is 1.53. The molecule has 1 fully saturated rings. The normalized spacial score (nSPS) is 14.5. The van der Waals surface area contributed by atoms with Crippen molar-refractivity contribution in [3.8, 4) is 5.75 Å². The summed E-state index contributed by atoms with van der Waals surface area (Å²) in [5, 5.41) is 10.2. The van der Waals surface area contributed by atoms with Gasteiger partial charge in [-0.3, -0.25) is 15.0 Å². The molecule has 8 heteroatoms. The molecule has 0 saturated carbocycles. The minimum absolute atomic E-state index is 0.0351. The van der Waals surface area contributed by atoms with Gasteiger partial charge in [0.25, 0.3) is 11.8 Å². The number of carboxylic acid groups (broad SMARTS) is 1. The fourth-order valence-corrected chi connectivity index (χ4v) is 3.62. The minimum atomic E-state index is -0.980. The Morgan fingerprint density at radius 1 is 1.03 bits per heavy atom. The van der Waals surface area contributed by atoms with E-state index in [0.717, 1.165) is 5.56 Å². The molecular formula is C24H17BrN2O5. The summed E-state index contributed by atoms with van der Waals surface area (Å²) in [7, 11) is 0. The van der Waals surface area contributed by atoms with Crippen LogP contribution in [-0.2, 0) is 16.2 Å². The van der Waals surface area contributed by atoms with Crippen LogP contribution in [0.3, 0.4) is 0 Å². The van der Waals surface area contributed by atoms with Gasteiger partial charge in [-0.1, -0.05) is 36.4 Å². The number of para-hydroxylation sites is 1.